The largest absolute Gasteiger partial charge is 0.495 e. The number of ether oxygens (including phenoxy) is 2. The Bertz CT molecular complexity index is 684. The third kappa shape index (κ3) is 4.06. The molecule has 7 nitrogen and oxygen atoms in total. The van der Waals surface area contributed by atoms with Gasteiger partial charge in [-0.3, -0.25) is 4.79 Å². The van der Waals surface area contributed by atoms with Crippen LogP contribution in [0.5, 0.6) is 5.75 Å². The molecule has 0 saturated carbocycles. The molecule has 1 fully saturated rings. The van der Waals surface area contributed by atoms with E-state index in [0.29, 0.717) is 18.8 Å². The van der Waals surface area contributed by atoms with E-state index < -0.39 is 10.0 Å². The van der Waals surface area contributed by atoms with Crippen LogP contribution in [0.15, 0.2) is 23.1 Å². The normalized spacial score (nSPS) is 17.3. The highest BCUT2D eigenvalue weighted by molar-refractivity contribution is 7.89. The summed E-state index contributed by atoms with van der Waals surface area (Å²) in [5, 5.41) is 2.83. The third-order valence-electron chi connectivity index (χ3n) is 4.00. The first-order chi connectivity index (χ1) is 11.4. The molecule has 134 valence electrons. The molecule has 1 aromatic carbocycles. The van der Waals surface area contributed by atoms with Gasteiger partial charge >= 0.3 is 0 Å². The lowest BCUT2D eigenvalue weighted by Crippen LogP contribution is -2.40. The summed E-state index contributed by atoms with van der Waals surface area (Å²) in [6, 6.07) is 4.47. The van der Waals surface area contributed by atoms with Crippen LogP contribution in [0.2, 0.25) is 0 Å². The Balaban J connectivity index is 2.37. The van der Waals surface area contributed by atoms with Crippen LogP contribution in [-0.4, -0.2) is 58.1 Å². The molecule has 1 amide bonds. The van der Waals surface area contributed by atoms with Gasteiger partial charge in [0.2, 0.25) is 10.0 Å². The summed E-state index contributed by atoms with van der Waals surface area (Å²) < 4.78 is 37.5. The highest BCUT2D eigenvalue weighted by atomic mass is 32.2. The maximum atomic E-state index is 12.9. The predicted octanol–water partition coefficient (Wildman–Crippen LogP) is 1.24. The smallest absolute Gasteiger partial charge is 0.251 e. The van der Waals surface area contributed by atoms with Crippen LogP contribution in [0.3, 0.4) is 0 Å². The van der Waals surface area contributed by atoms with Crippen molar-refractivity contribution in [3.05, 3.63) is 23.8 Å². The number of amides is 1. The summed E-state index contributed by atoms with van der Waals surface area (Å²) in [6.07, 6.45) is 0.792. The first-order valence-electron chi connectivity index (χ1n) is 7.97. The maximum Gasteiger partial charge on any atom is 0.251 e. The average molecular weight is 356 g/mol. The molecule has 2 rings (SSSR count). The summed E-state index contributed by atoms with van der Waals surface area (Å²) >= 11 is 0. The van der Waals surface area contributed by atoms with Gasteiger partial charge in [0.05, 0.1) is 20.3 Å². The first-order valence-corrected chi connectivity index (χ1v) is 9.41. The number of nitrogens with one attached hydrogen (secondary N) is 1. The fraction of sp³-hybridized carbons (Fsp3) is 0.562. The molecule has 0 spiro atoms. The Morgan fingerprint density at radius 2 is 2.04 bits per heavy atom. The number of carbonyl (C=O) groups excluding carboxylic acids is 1. The molecular weight excluding hydrogens is 332 g/mol. The number of hydrogen-bond acceptors (Lipinski definition) is 5. The molecule has 1 atom stereocenters. The lowest BCUT2D eigenvalue weighted by molar-refractivity contribution is 0.0729. The molecule has 0 radical (unpaired) electrons. The Morgan fingerprint density at radius 1 is 1.38 bits per heavy atom. The Labute approximate surface area is 143 Å². The molecule has 0 aliphatic carbocycles. The van der Waals surface area contributed by atoms with Crippen molar-refractivity contribution in [2.45, 2.75) is 31.2 Å². The van der Waals surface area contributed by atoms with Gasteiger partial charge in [0.15, 0.2) is 0 Å². The molecule has 8 heteroatoms. The average Bonchev–Trinajstić information content (AvgIpc) is 2.61. The zero-order chi connectivity index (χ0) is 17.7. The molecule has 1 aromatic rings. The Kier molecular flexibility index (Phi) is 6.20. The van der Waals surface area contributed by atoms with Gasteiger partial charge < -0.3 is 14.8 Å². The minimum absolute atomic E-state index is 0.00343. The lowest BCUT2D eigenvalue weighted by atomic mass is 10.2. The monoisotopic (exact) mass is 356 g/mol. The van der Waals surface area contributed by atoms with Gasteiger partial charge in [-0.05, 0) is 31.5 Å². The summed E-state index contributed by atoms with van der Waals surface area (Å²) in [7, 11) is -2.34. The van der Waals surface area contributed by atoms with Crippen LogP contribution in [0.25, 0.3) is 0 Å². The Hall–Kier alpha value is -1.64. The molecule has 24 heavy (non-hydrogen) atoms. The van der Waals surface area contributed by atoms with E-state index in [4.69, 9.17) is 9.47 Å². The summed E-state index contributed by atoms with van der Waals surface area (Å²) in [5.41, 5.74) is 0.294. The van der Waals surface area contributed by atoms with Gasteiger partial charge in [-0.2, -0.15) is 4.31 Å². The van der Waals surface area contributed by atoms with Crippen LogP contribution < -0.4 is 10.1 Å². The summed E-state index contributed by atoms with van der Waals surface area (Å²) in [6.45, 7) is 5.15. The van der Waals surface area contributed by atoms with E-state index in [2.05, 4.69) is 5.32 Å². The van der Waals surface area contributed by atoms with E-state index in [1.54, 1.807) is 6.07 Å². The third-order valence-corrected chi connectivity index (χ3v) is 5.92. The van der Waals surface area contributed by atoms with Gasteiger partial charge in [0.25, 0.3) is 5.91 Å². The molecule has 1 saturated heterocycles. The number of benzene rings is 1. The SMILES string of the molecule is CCC(C)NC(=O)c1ccc(OC)c(S(=O)(=O)N2CCOCC2)c1. The lowest BCUT2D eigenvalue weighted by Gasteiger charge is -2.26. The second-order valence-electron chi connectivity index (χ2n) is 5.66. The van der Waals surface area contributed by atoms with Crippen LogP contribution in [0, 0.1) is 0 Å². The number of rotatable bonds is 6. The standard InChI is InChI=1S/C16H24N2O5S/c1-4-12(2)17-16(19)13-5-6-14(22-3)15(11-13)24(20,21)18-7-9-23-10-8-18/h5-6,11-12H,4,7-10H2,1-3H3,(H,17,19). The van der Waals surface area contributed by atoms with Crippen molar-refractivity contribution in [2.75, 3.05) is 33.4 Å². The first kappa shape index (κ1) is 18.7. The van der Waals surface area contributed by atoms with Gasteiger partial charge in [0, 0.05) is 24.7 Å². The van der Waals surface area contributed by atoms with Crippen molar-refractivity contribution in [2.24, 2.45) is 0 Å². The van der Waals surface area contributed by atoms with E-state index >= 15 is 0 Å². The van der Waals surface area contributed by atoms with E-state index in [1.165, 1.54) is 23.5 Å². The summed E-state index contributed by atoms with van der Waals surface area (Å²) in [4.78, 5) is 12.3. The van der Waals surface area contributed by atoms with Crippen molar-refractivity contribution >= 4 is 15.9 Å². The molecular formula is C16H24N2O5S. The maximum absolute atomic E-state index is 12.9. The number of carbonyl (C=O) groups is 1. The van der Waals surface area contributed by atoms with Crippen LogP contribution in [0.4, 0.5) is 0 Å². The molecule has 0 bridgehead atoms. The molecule has 1 unspecified atom stereocenters. The Morgan fingerprint density at radius 3 is 2.62 bits per heavy atom. The summed E-state index contributed by atoms with van der Waals surface area (Å²) in [5.74, 6) is -0.0768. The fourth-order valence-electron chi connectivity index (χ4n) is 2.35. The number of nitrogens with zero attached hydrogens (tertiary/aromatic N) is 1. The predicted molar refractivity (Wildman–Crippen MR) is 89.8 cm³/mol. The van der Waals surface area contributed by atoms with Crippen LogP contribution in [0.1, 0.15) is 30.6 Å². The van der Waals surface area contributed by atoms with Crippen molar-refractivity contribution in [3.8, 4) is 5.75 Å². The van der Waals surface area contributed by atoms with Crippen molar-refractivity contribution in [1.82, 2.24) is 9.62 Å². The molecule has 1 aliphatic heterocycles. The van der Waals surface area contributed by atoms with Crippen molar-refractivity contribution < 1.29 is 22.7 Å². The van der Waals surface area contributed by atoms with Crippen LogP contribution in [-0.2, 0) is 14.8 Å². The van der Waals surface area contributed by atoms with Gasteiger partial charge in [0.1, 0.15) is 10.6 Å². The molecule has 1 heterocycles. The van der Waals surface area contributed by atoms with Crippen molar-refractivity contribution in [1.29, 1.82) is 0 Å². The number of morpholine rings is 1. The van der Waals surface area contributed by atoms with E-state index in [-0.39, 0.29) is 35.7 Å². The fourth-order valence-corrected chi connectivity index (χ4v) is 3.94. The molecule has 1 aliphatic rings. The van der Waals surface area contributed by atoms with Gasteiger partial charge in [-0.25, -0.2) is 8.42 Å². The molecule has 1 N–H and O–H groups in total. The number of sulfonamides is 1. The zero-order valence-corrected chi connectivity index (χ0v) is 15.1. The van der Waals surface area contributed by atoms with Crippen molar-refractivity contribution in [3.63, 3.8) is 0 Å². The second kappa shape index (κ2) is 7.96. The highest BCUT2D eigenvalue weighted by Crippen LogP contribution is 2.28. The number of hydrogen-bond donors (Lipinski definition) is 1. The molecule has 0 aromatic heterocycles. The van der Waals surface area contributed by atoms with Gasteiger partial charge in [-0.15, -0.1) is 0 Å². The second-order valence-corrected chi connectivity index (χ2v) is 7.57. The van der Waals surface area contributed by atoms with E-state index in [0.717, 1.165) is 6.42 Å². The van der Waals surface area contributed by atoms with Gasteiger partial charge in [-0.1, -0.05) is 6.92 Å². The highest BCUT2D eigenvalue weighted by Gasteiger charge is 2.30. The quantitative estimate of drug-likeness (QED) is 0.829. The minimum atomic E-state index is -3.75. The number of methoxy groups -OCH3 is 1. The topological polar surface area (TPSA) is 84.9 Å². The van der Waals surface area contributed by atoms with E-state index in [9.17, 15) is 13.2 Å². The zero-order valence-electron chi connectivity index (χ0n) is 14.2. The minimum Gasteiger partial charge on any atom is -0.495 e. The van der Waals surface area contributed by atoms with E-state index in [1.807, 2.05) is 13.8 Å². The van der Waals surface area contributed by atoms with Crippen LogP contribution >= 0.6 is 0 Å².